The van der Waals surface area contributed by atoms with Crippen molar-refractivity contribution in [2.75, 3.05) is 13.2 Å². The Morgan fingerprint density at radius 1 is 1.29 bits per heavy atom. The maximum Gasteiger partial charge on any atom is 0.336 e. The number of hydrogen-bond donors (Lipinski definition) is 2. The molecular formula is C21H20N2O5. The molecule has 2 aromatic heterocycles. The van der Waals surface area contributed by atoms with Crippen molar-refractivity contribution in [2.24, 2.45) is 0 Å². The minimum Gasteiger partial charge on any atom is -0.503 e. The molecule has 0 atom stereocenters. The van der Waals surface area contributed by atoms with E-state index in [1.54, 1.807) is 29.8 Å². The summed E-state index contributed by atoms with van der Waals surface area (Å²) in [5, 5.41) is 13.8. The lowest BCUT2D eigenvalue weighted by Gasteiger charge is -2.13. The van der Waals surface area contributed by atoms with Crippen LogP contribution in [-0.2, 0) is 13.1 Å². The van der Waals surface area contributed by atoms with E-state index in [0.717, 1.165) is 10.9 Å². The normalized spacial score (nSPS) is 10.7. The highest BCUT2D eigenvalue weighted by Crippen LogP contribution is 2.22. The second-order valence-electron chi connectivity index (χ2n) is 6.23. The number of aromatic nitrogens is 1. The predicted octanol–water partition coefficient (Wildman–Crippen LogP) is 1.77. The summed E-state index contributed by atoms with van der Waals surface area (Å²) < 4.78 is 12.4. The van der Waals surface area contributed by atoms with E-state index in [9.17, 15) is 14.7 Å². The molecule has 0 saturated heterocycles. The van der Waals surface area contributed by atoms with Crippen molar-refractivity contribution < 1.29 is 14.3 Å². The quantitative estimate of drug-likeness (QED) is 0.369. The van der Waals surface area contributed by atoms with Crippen molar-refractivity contribution in [3.8, 4) is 23.8 Å². The number of terminal acetylenes is 1. The zero-order chi connectivity index (χ0) is 20.1. The Bertz CT molecular complexity index is 1150. The van der Waals surface area contributed by atoms with Gasteiger partial charge in [-0.2, -0.15) is 0 Å². The average molecular weight is 380 g/mol. The summed E-state index contributed by atoms with van der Waals surface area (Å²) in [6, 6.07) is 8.02. The molecule has 0 fully saturated rings. The standard InChI is InChI=1S/C21H20N2O5/c1-3-10-27-16-4-5-17-15(11-20(25)28-19(17)12-16)13-22-7-9-23-8-6-18(24)21(26)14(23)2/h1,4-6,8,11-12,22,26H,7,9-10,13H2,2H3. The van der Waals surface area contributed by atoms with E-state index >= 15 is 0 Å². The van der Waals surface area contributed by atoms with Crippen LogP contribution < -0.4 is 21.1 Å². The topological polar surface area (TPSA) is 93.7 Å². The van der Waals surface area contributed by atoms with E-state index in [1.165, 1.54) is 12.1 Å². The van der Waals surface area contributed by atoms with Gasteiger partial charge in [0, 0.05) is 49.4 Å². The molecule has 0 unspecified atom stereocenters. The van der Waals surface area contributed by atoms with Crippen molar-refractivity contribution in [1.82, 2.24) is 9.88 Å². The lowest BCUT2D eigenvalue weighted by atomic mass is 10.1. The van der Waals surface area contributed by atoms with Crippen LogP contribution in [0, 0.1) is 19.3 Å². The number of nitrogens with zero attached hydrogens (tertiary/aromatic N) is 1. The summed E-state index contributed by atoms with van der Waals surface area (Å²) in [5.41, 5.74) is 0.906. The third kappa shape index (κ3) is 4.24. The van der Waals surface area contributed by atoms with E-state index < -0.39 is 11.1 Å². The molecule has 2 N–H and O–H groups in total. The Kier molecular flexibility index (Phi) is 5.82. The van der Waals surface area contributed by atoms with Gasteiger partial charge in [-0.05, 0) is 24.6 Å². The third-order valence-corrected chi connectivity index (χ3v) is 4.38. The first kappa shape index (κ1) is 19.3. The van der Waals surface area contributed by atoms with Gasteiger partial charge < -0.3 is 24.1 Å². The molecule has 144 valence electrons. The second-order valence-corrected chi connectivity index (χ2v) is 6.23. The molecule has 0 radical (unpaired) electrons. The Morgan fingerprint density at radius 3 is 2.89 bits per heavy atom. The van der Waals surface area contributed by atoms with Crippen LogP contribution in [-0.4, -0.2) is 22.8 Å². The van der Waals surface area contributed by atoms with Gasteiger partial charge in [0.05, 0.1) is 5.69 Å². The number of aromatic hydroxyl groups is 1. The van der Waals surface area contributed by atoms with Gasteiger partial charge in [0.15, 0.2) is 5.75 Å². The number of rotatable bonds is 7. The molecule has 3 rings (SSSR count). The Hall–Kier alpha value is -3.50. The van der Waals surface area contributed by atoms with Gasteiger partial charge in [-0.15, -0.1) is 6.42 Å². The van der Waals surface area contributed by atoms with Crippen LogP contribution in [0.2, 0.25) is 0 Å². The lowest BCUT2D eigenvalue weighted by Crippen LogP contribution is -2.22. The van der Waals surface area contributed by atoms with Crippen LogP contribution in [0.15, 0.2) is 50.5 Å². The molecule has 28 heavy (non-hydrogen) atoms. The second kappa shape index (κ2) is 8.46. The highest BCUT2D eigenvalue weighted by molar-refractivity contribution is 5.81. The molecule has 0 saturated carbocycles. The van der Waals surface area contributed by atoms with Crippen LogP contribution in [0.3, 0.4) is 0 Å². The van der Waals surface area contributed by atoms with Gasteiger partial charge in [-0.25, -0.2) is 4.79 Å². The van der Waals surface area contributed by atoms with Gasteiger partial charge in [0.2, 0.25) is 5.43 Å². The number of ether oxygens (including phenoxy) is 1. The molecule has 0 spiro atoms. The summed E-state index contributed by atoms with van der Waals surface area (Å²) >= 11 is 0. The number of nitrogens with one attached hydrogen (secondary N) is 1. The monoisotopic (exact) mass is 380 g/mol. The molecule has 2 heterocycles. The molecule has 7 nitrogen and oxygen atoms in total. The summed E-state index contributed by atoms with van der Waals surface area (Å²) in [4.78, 5) is 23.3. The molecule has 0 aliphatic heterocycles. The first-order valence-corrected chi connectivity index (χ1v) is 8.72. The predicted molar refractivity (Wildman–Crippen MR) is 106 cm³/mol. The molecule has 1 aromatic carbocycles. The highest BCUT2D eigenvalue weighted by Gasteiger charge is 2.08. The minimum atomic E-state index is -0.445. The zero-order valence-corrected chi connectivity index (χ0v) is 15.4. The molecule has 0 aliphatic rings. The van der Waals surface area contributed by atoms with Crippen molar-refractivity contribution in [2.45, 2.75) is 20.0 Å². The Morgan fingerprint density at radius 2 is 2.11 bits per heavy atom. The van der Waals surface area contributed by atoms with Gasteiger partial charge in [-0.1, -0.05) is 5.92 Å². The average Bonchev–Trinajstić information content (AvgIpc) is 2.68. The van der Waals surface area contributed by atoms with E-state index in [0.29, 0.717) is 36.7 Å². The van der Waals surface area contributed by atoms with Gasteiger partial charge >= 0.3 is 5.63 Å². The highest BCUT2D eigenvalue weighted by atomic mass is 16.5. The largest absolute Gasteiger partial charge is 0.503 e. The minimum absolute atomic E-state index is 0.136. The Balaban J connectivity index is 1.70. The number of hydrogen-bond acceptors (Lipinski definition) is 6. The van der Waals surface area contributed by atoms with Gasteiger partial charge in [-0.3, -0.25) is 4.79 Å². The number of benzene rings is 1. The van der Waals surface area contributed by atoms with Crippen LogP contribution >= 0.6 is 0 Å². The fourth-order valence-electron chi connectivity index (χ4n) is 2.90. The number of pyridine rings is 1. The first-order valence-electron chi connectivity index (χ1n) is 8.72. The van der Waals surface area contributed by atoms with Gasteiger partial charge in [0.25, 0.3) is 0 Å². The fraction of sp³-hybridized carbons (Fsp3) is 0.238. The maximum absolute atomic E-state index is 11.9. The molecule has 0 bridgehead atoms. The Labute approximate surface area is 161 Å². The molecule has 0 amide bonds. The lowest BCUT2D eigenvalue weighted by molar-refractivity contribution is 0.370. The van der Waals surface area contributed by atoms with Crippen molar-refractivity contribution in [1.29, 1.82) is 0 Å². The van der Waals surface area contributed by atoms with E-state index in [1.807, 2.05) is 6.07 Å². The SMILES string of the molecule is C#CCOc1ccc2c(CNCCn3ccc(=O)c(O)c3C)cc(=O)oc2c1. The maximum atomic E-state index is 11.9. The zero-order valence-electron chi connectivity index (χ0n) is 15.4. The molecule has 0 aliphatic carbocycles. The van der Waals surface area contributed by atoms with Crippen molar-refractivity contribution >= 4 is 11.0 Å². The van der Waals surface area contributed by atoms with Crippen molar-refractivity contribution in [3.05, 3.63) is 68.4 Å². The third-order valence-electron chi connectivity index (χ3n) is 4.38. The summed E-state index contributed by atoms with van der Waals surface area (Å²) in [6.45, 7) is 3.42. The summed E-state index contributed by atoms with van der Waals surface area (Å²) in [7, 11) is 0. The van der Waals surface area contributed by atoms with E-state index in [2.05, 4.69) is 11.2 Å². The summed E-state index contributed by atoms with van der Waals surface area (Å²) in [5.74, 6) is 2.68. The fourth-order valence-corrected chi connectivity index (χ4v) is 2.90. The van der Waals surface area contributed by atoms with Crippen LogP contribution in [0.25, 0.3) is 11.0 Å². The van der Waals surface area contributed by atoms with Crippen LogP contribution in [0.1, 0.15) is 11.3 Å². The van der Waals surface area contributed by atoms with Crippen LogP contribution in [0.4, 0.5) is 0 Å². The number of fused-ring (bicyclic) bond motifs is 1. The smallest absolute Gasteiger partial charge is 0.336 e. The molecular weight excluding hydrogens is 360 g/mol. The molecule has 3 aromatic rings. The van der Waals surface area contributed by atoms with E-state index in [4.69, 9.17) is 15.6 Å². The summed E-state index contributed by atoms with van der Waals surface area (Å²) in [6.07, 6.45) is 6.83. The van der Waals surface area contributed by atoms with Gasteiger partial charge in [0.1, 0.15) is 17.9 Å². The first-order chi connectivity index (χ1) is 13.5. The molecule has 7 heteroatoms. The van der Waals surface area contributed by atoms with E-state index in [-0.39, 0.29) is 12.4 Å². The van der Waals surface area contributed by atoms with Crippen molar-refractivity contribution in [3.63, 3.8) is 0 Å². The van der Waals surface area contributed by atoms with Crippen LogP contribution in [0.5, 0.6) is 11.5 Å².